The van der Waals surface area contributed by atoms with E-state index in [-0.39, 0.29) is 17.4 Å². The van der Waals surface area contributed by atoms with Crippen LogP contribution in [0.4, 0.5) is 11.5 Å². The van der Waals surface area contributed by atoms with Crippen LogP contribution in [-0.4, -0.2) is 26.0 Å². The fraction of sp³-hybridized carbons (Fsp3) is 0.333. The Morgan fingerprint density at radius 2 is 2.40 bits per heavy atom. The largest absolute Gasteiger partial charge is 0.364 e. The lowest BCUT2D eigenvalue weighted by atomic mass is 10.2. The monoisotopic (exact) mass is 339 g/mol. The SMILES string of the molecule is C[C@H](CNc1ncc(Br)cc1[N+](=O)[O-])Cn1ccnc1. The molecule has 0 aliphatic heterocycles. The Balaban J connectivity index is 1.98. The van der Waals surface area contributed by atoms with E-state index < -0.39 is 4.92 Å². The van der Waals surface area contributed by atoms with Gasteiger partial charge in [-0.15, -0.1) is 0 Å². The highest BCUT2D eigenvalue weighted by atomic mass is 79.9. The summed E-state index contributed by atoms with van der Waals surface area (Å²) in [6.07, 6.45) is 6.89. The summed E-state index contributed by atoms with van der Waals surface area (Å²) in [6, 6.07) is 1.44. The van der Waals surface area contributed by atoms with Crippen molar-refractivity contribution in [1.29, 1.82) is 0 Å². The second-order valence-corrected chi connectivity index (χ2v) is 5.44. The molecule has 0 aliphatic rings. The molecule has 0 saturated carbocycles. The van der Waals surface area contributed by atoms with Crippen molar-refractivity contribution in [2.75, 3.05) is 11.9 Å². The summed E-state index contributed by atoms with van der Waals surface area (Å²) in [5, 5.41) is 14.0. The molecule has 0 aliphatic carbocycles. The van der Waals surface area contributed by atoms with Crippen LogP contribution < -0.4 is 5.32 Å². The zero-order valence-corrected chi connectivity index (χ0v) is 12.4. The standard InChI is InChI=1S/C12H14BrN5O2/c1-9(7-17-3-2-14-8-17)5-15-12-11(18(19)20)4-10(13)6-16-12/h2-4,6,8-9H,5,7H2,1H3,(H,15,16)/t9-/m1/s1. The van der Waals surface area contributed by atoms with Crippen molar-refractivity contribution < 1.29 is 4.92 Å². The second kappa shape index (κ2) is 6.47. The molecule has 1 atom stereocenters. The fourth-order valence-electron chi connectivity index (χ4n) is 1.79. The van der Waals surface area contributed by atoms with Crippen molar-refractivity contribution in [2.24, 2.45) is 5.92 Å². The molecule has 0 radical (unpaired) electrons. The Kier molecular flexibility index (Phi) is 4.67. The second-order valence-electron chi connectivity index (χ2n) is 4.52. The lowest BCUT2D eigenvalue weighted by Crippen LogP contribution is -2.17. The van der Waals surface area contributed by atoms with Crippen LogP contribution in [0.2, 0.25) is 0 Å². The third-order valence-corrected chi connectivity index (χ3v) is 3.16. The average Bonchev–Trinajstić information content (AvgIpc) is 2.90. The van der Waals surface area contributed by atoms with Gasteiger partial charge in [0.15, 0.2) is 0 Å². The van der Waals surface area contributed by atoms with Gasteiger partial charge >= 0.3 is 5.69 Å². The van der Waals surface area contributed by atoms with Crippen molar-refractivity contribution in [2.45, 2.75) is 13.5 Å². The Morgan fingerprint density at radius 1 is 1.60 bits per heavy atom. The van der Waals surface area contributed by atoms with E-state index in [2.05, 4.69) is 38.1 Å². The van der Waals surface area contributed by atoms with Gasteiger partial charge in [-0.3, -0.25) is 10.1 Å². The van der Waals surface area contributed by atoms with E-state index in [1.165, 1.54) is 12.3 Å². The van der Waals surface area contributed by atoms with Crippen LogP contribution in [-0.2, 0) is 6.54 Å². The summed E-state index contributed by atoms with van der Waals surface area (Å²) >= 11 is 3.18. The highest BCUT2D eigenvalue weighted by molar-refractivity contribution is 9.10. The van der Waals surface area contributed by atoms with Gasteiger partial charge in [0.2, 0.25) is 5.82 Å². The Hall–Kier alpha value is -1.96. The third-order valence-electron chi connectivity index (χ3n) is 2.73. The molecule has 2 rings (SSSR count). The Bertz CT molecular complexity index is 588. The molecular formula is C12H14BrN5O2. The predicted octanol–water partition coefficient (Wildman–Crippen LogP) is 2.70. The lowest BCUT2D eigenvalue weighted by molar-refractivity contribution is -0.384. The fourth-order valence-corrected chi connectivity index (χ4v) is 2.11. The number of aromatic nitrogens is 3. The maximum atomic E-state index is 11.0. The van der Waals surface area contributed by atoms with Crippen LogP contribution in [0.15, 0.2) is 35.5 Å². The molecule has 0 amide bonds. The minimum absolute atomic E-state index is 0.0331. The highest BCUT2D eigenvalue weighted by Crippen LogP contribution is 2.25. The van der Waals surface area contributed by atoms with Gasteiger partial charge in [0.1, 0.15) is 0 Å². The number of nitrogens with zero attached hydrogens (tertiary/aromatic N) is 4. The number of nitrogens with one attached hydrogen (secondary N) is 1. The molecule has 20 heavy (non-hydrogen) atoms. The first kappa shape index (κ1) is 14.4. The van der Waals surface area contributed by atoms with Crippen LogP contribution in [0, 0.1) is 16.0 Å². The van der Waals surface area contributed by atoms with Crippen molar-refractivity contribution >= 4 is 27.4 Å². The molecule has 0 spiro atoms. The Labute approximate surface area is 124 Å². The minimum atomic E-state index is -0.444. The first-order chi connectivity index (χ1) is 9.56. The predicted molar refractivity (Wildman–Crippen MR) is 78.5 cm³/mol. The van der Waals surface area contributed by atoms with Crippen LogP contribution in [0.25, 0.3) is 0 Å². The van der Waals surface area contributed by atoms with E-state index in [0.29, 0.717) is 11.0 Å². The van der Waals surface area contributed by atoms with Crippen molar-refractivity contribution in [3.63, 3.8) is 0 Å². The number of anilines is 1. The van der Waals surface area contributed by atoms with Gasteiger partial charge in [-0.2, -0.15) is 0 Å². The van der Waals surface area contributed by atoms with Gasteiger partial charge < -0.3 is 9.88 Å². The smallest absolute Gasteiger partial charge is 0.312 e. The van der Waals surface area contributed by atoms with Gasteiger partial charge in [0.05, 0.1) is 11.3 Å². The van der Waals surface area contributed by atoms with Gasteiger partial charge in [0, 0.05) is 42.2 Å². The van der Waals surface area contributed by atoms with Crippen molar-refractivity contribution in [1.82, 2.24) is 14.5 Å². The first-order valence-corrected chi connectivity index (χ1v) is 6.85. The molecule has 2 aromatic rings. The zero-order chi connectivity index (χ0) is 14.5. The molecule has 0 unspecified atom stereocenters. The molecule has 8 heteroatoms. The normalized spacial score (nSPS) is 12.1. The van der Waals surface area contributed by atoms with E-state index in [0.717, 1.165) is 6.54 Å². The van der Waals surface area contributed by atoms with E-state index >= 15 is 0 Å². The van der Waals surface area contributed by atoms with Gasteiger partial charge in [-0.05, 0) is 21.8 Å². The molecular weight excluding hydrogens is 326 g/mol. The van der Waals surface area contributed by atoms with E-state index in [1.54, 1.807) is 12.5 Å². The number of nitro groups is 1. The summed E-state index contributed by atoms with van der Waals surface area (Å²) in [4.78, 5) is 18.5. The molecule has 7 nitrogen and oxygen atoms in total. The van der Waals surface area contributed by atoms with Crippen LogP contribution in [0.3, 0.4) is 0 Å². The van der Waals surface area contributed by atoms with Crippen LogP contribution >= 0.6 is 15.9 Å². The van der Waals surface area contributed by atoms with Gasteiger partial charge in [0.25, 0.3) is 0 Å². The summed E-state index contributed by atoms with van der Waals surface area (Å²) < 4.78 is 2.55. The van der Waals surface area contributed by atoms with Crippen molar-refractivity contribution in [3.05, 3.63) is 45.6 Å². The molecule has 0 saturated heterocycles. The topological polar surface area (TPSA) is 85.9 Å². The van der Waals surface area contributed by atoms with E-state index in [4.69, 9.17) is 0 Å². The average molecular weight is 340 g/mol. The molecule has 0 fully saturated rings. The summed E-state index contributed by atoms with van der Waals surface area (Å²) in [5.41, 5.74) is -0.0331. The molecule has 106 valence electrons. The molecule has 0 aromatic carbocycles. The number of halogens is 1. The van der Waals surface area contributed by atoms with Gasteiger partial charge in [-0.25, -0.2) is 9.97 Å². The summed E-state index contributed by atoms with van der Waals surface area (Å²) in [6.45, 7) is 3.43. The Morgan fingerprint density at radius 3 is 3.05 bits per heavy atom. The zero-order valence-electron chi connectivity index (χ0n) is 10.9. The van der Waals surface area contributed by atoms with Crippen LogP contribution in [0.1, 0.15) is 6.92 Å². The van der Waals surface area contributed by atoms with E-state index in [9.17, 15) is 10.1 Å². The molecule has 0 bridgehead atoms. The van der Waals surface area contributed by atoms with Crippen LogP contribution in [0.5, 0.6) is 0 Å². The number of pyridine rings is 1. The van der Waals surface area contributed by atoms with Crippen molar-refractivity contribution in [3.8, 4) is 0 Å². The third kappa shape index (κ3) is 3.77. The molecule has 2 heterocycles. The maximum absolute atomic E-state index is 11.0. The number of rotatable bonds is 6. The minimum Gasteiger partial charge on any atom is -0.364 e. The number of hydrogen-bond donors (Lipinski definition) is 1. The number of imidazole rings is 1. The summed E-state index contributed by atoms with van der Waals surface area (Å²) in [5.74, 6) is 0.574. The quantitative estimate of drug-likeness (QED) is 0.645. The lowest BCUT2D eigenvalue weighted by Gasteiger charge is -2.13. The maximum Gasteiger partial charge on any atom is 0.312 e. The molecule has 1 N–H and O–H groups in total. The van der Waals surface area contributed by atoms with Gasteiger partial charge in [-0.1, -0.05) is 6.92 Å². The number of hydrogen-bond acceptors (Lipinski definition) is 5. The first-order valence-electron chi connectivity index (χ1n) is 6.06. The summed E-state index contributed by atoms with van der Waals surface area (Å²) in [7, 11) is 0. The molecule has 2 aromatic heterocycles. The highest BCUT2D eigenvalue weighted by Gasteiger charge is 2.16. The van der Waals surface area contributed by atoms with E-state index in [1.807, 2.05) is 10.8 Å².